The Morgan fingerprint density at radius 1 is 1.25 bits per heavy atom. The molecule has 0 heterocycles. The Labute approximate surface area is 98.0 Å². The van der Waals surface area contributed by atoms with Gasteiger partial charge >= 0.3 is 0 Å². The molecule has 16 heavy (non-hydrogen) atoms. The van der Waals surface area contributed by atoms with E-state index >= 15 is 0 Å². The van der Waals surface area contributed by atoms with E-state index in [1.165, 1.54) is 11.1 Å². The number of nitrogens with one attached hydrogen (secondary N) is 1. The van der Waals surface area contributed by atoms with Crippen molar-refractivity contribution < 1.29 is 4.74 Å². The highest BCUT2D eigenvalue weighted by Crippen LogP contribution is 2.15. The number of aryl methyl sites for hydroxylation is 2. The van der Waals surface area contributed by atoms with Crippen LogP contribution in [0.25, 0.3) is 0 Å². The highest BCUT2D eigenvalue weighted by atomic mass is 16.5. The van der Waals surface area contributed by atoms with Crippen LogP contribution in [0.1, 0.15) is 18.1 Å². The number of ether oxygens (including phenoxy) is 1. The first-order valence-corrected chi connectivity index (χ1v) is 5.75. The van der Waals surface area contributed by atoms with Gasteiger partial charge in [-0.05, 0) is 44.0 Å². The second-order valence-electron chi connectivity index (χ2n) is 4.35. The summed E-state index contributed by atoms with van der Waals surface area (Å²) in [7, 11) is 0. The molecule has 1 aromatic rings. The third-order valence-corrected chi connectivity index (χ3v) is 2.21. The summed E-state index contributed by atoms with van der Waals surface area (Å²) < 4.78 is 5.65. The van der Waals surface area contributed by atoms with E-state index in [2.05, 4.69) is 37.4 Å². The number of rotatable bonds is 6. The van der Waals surface area contributed by atoms with E-state index < -0.39 is 0 Å². The number of benzene rings is 1. The zero-order valence-electron chi connectivity index (χ0n) is 10.4. The summed E-state index contributed by atoms with van der Waals surface area (Å²) in [5.41, 5.74) is 8.09. The largest absolute Gasteiger partial charge is 0.492 e. The molecule has 3 N–H and O–H groups in total. The maximum atomic E-state index is 5.65. The second kappa shape index (κ2) is 6.51. The molecule has 0 aliphatic heterocycles. The van der Waals surface area contributed by atoms with Gasteiger partial charge in [0.15, 0.2) is 0 Å². The fourth-order valence-electron chi connectivity index (χ4n) is 1.59. The molecule has 1 rings (SSSR count). The SMILES string of the molecule is Cc1cc(C)cc(OCCNCC(C)N)c1. The summed E-state index contributed by atoms with van der Waals surface area (Å²) in [5, 5.41) is 3.23. The molecule has 3 heteroatoms. The molecule has 1 aromatic carbocycles. The monoisotopic (exact) mass is 222 g/mol. The van der Waals surface area contributed by atoms with Crippen molar-refractivity contribution in [2.75, 3.05) is 19.7 Å². The summed E-state index contributed by atoms with van der Waals surface area (Å²) in [6.45, 7) is 8.47. The van der Waals surface area contributed by atoms with Gasteiger partial charge in [0.25, 0.3) is 0 Å². The maximum Gasteiger partial charge on any atom is 0.119 e. The fourth-order valence-corrected chi connectivity index (χ4v) is 1.59. The average Bonchev–Trinajstić information content (AvgIpc) is 2.15. The molecule has 0 amide bonds. The van der Waals surface area contributed by atoms with Crippen LogP contribution in [-0.2, 0) is 0 Å². The van der Waals surface area contributed by atoms with Gasteiger partial charge in [-0.1, -0.05) is 6.07 Å². The Balaban J connectivity index is 2.26. The van der Waals surface area contributed by atoms with Crippen LogP contribution < -0.4 is 15.8 Å². The molecule has 3 nitrogen and oxygen atoms in total. The summed E-state index contributed by atoms with van der Waals surface area (Å²) in [4.78, 5) is 0. The molecule has 0 saturated heterocycles. The molecule has 0 saturated carbocycles. The van der Waals surface area contributed by atoms with Gasteiger partial charge in [0.2, 0.25) is 0 Å². The van der Waals surface area contributed by atoms with Crippen molar-refractivity contribution in [1.29, 1.82) is 0 Å². The van der Waals surface area contributed by atoms with Crippen LogP contribution in [0.15, 0.2) is 18.2 Å². The molecule has 0 aliphatic rings. The minimum atomic E-state index is 0.196. The van der Waals surface area contributed by atoms with Gasteiger partial charge < -0.3 is 15.8 Å². The number of hydrogen-bond acceptors (Lipinski definition) is 3. The first kappa shape index (κ1) is 13.0. The Bertz CT molecular complexity index is 303. The van der Waals surface area contributed by atoms with Crippen molar-refractivity contribution in [1.82, 2.24) is 5.32 Å². The molecule has 0 fully saturated rings. The van der Waals surface area contributed by atoms with Crippen LogP contribution in [-0.4, -0.2) is 25.7 Å². The minimum Gasteiger partial charge on any atom is -0.492 e. The van der Waals surface area contributed by atoms with Crippen LogP contribution in [0, 0.1) is 13.8 Å². The lowest BCUT2D eigenvalue weighted by molar-refractivity contribution is 0.312. The lowest BCUT2D eigenvalue weighted by Gasteiger charge is -2.10. The van der Waals surface area contributed by atoms with E-state index in [0.717, 1.165) is 18.8 Å². The van der Waals surface area contributed by atoms with Crippen LogP contribution in [0.4, 0.5) is 0 Å². The molecular formula is C13H22N2O. The summed E-state index contributed by atoms with van der Waals surface area (Å²) >= 11 is 0. The molecule has 0 aliphatic carbocycles. The maximum absolute atomic E-state index is 5.65. The van der Waals surface area contributed by atoms with Crippen molar-refractivity contribution in [3.05, 3.63) is 29.3 Å². The minimum absolute atomic E-state index is 0.196. The Morgan fingerprint density at radius 2 is 1.88 bits per heavy atom. The topological polar surface area (TPSA) is 47.3 Å². The molecule has 0 aromatic heterocycles. The Morgan fingerprint density at radius 3 is 2.44 bits per heavy atom. The zero-order valence-corrected chi connectivity index (χ0v) is 10.4. The molecular weight excluding hydrogens is 200 g/mol. The highest BCUT2D eigenvalue weighted by molar-refractivity contribution is 5.32. The Kier molecular flexibility index (Phi) is 5.29. The first-order chi connectivity index (χ1) is 7.58. The van der Waals surface area contributed by atoms with Gasteiger partial charge in [-0.3, -0.25) is 0 Å². The van der Waals surface area contributed by atoms with Crippen LogP contribution in [0.5, 0.6) is 5.75 Å². The van der Waals surface area contributed by atoms with Crippen molar-refractivity contribution in [3.8, 4) is 5.75 Å². The molecule has 0 spiro atoms. The van der Waals surface area contributed by atoms with Crippen molar-refractivity contribution in [2.24, 2.45) is 5.73 Å². The van der Waals surface area contributed by atoms with Crippen molar-refractivity contribution in [2.45, 2.75) is 26.8 Å². The van der Waals surface area contributed by atoms with Gasteiger partial charge in [0.05, 0.1) is 0 Å². The van der Waals surface area contributed by atoms with Gasteiger partial charge in [-0.2, -0.15) is 0 Å². The second-order valence-corrected chi connectivity index (χ2v) is 4.35. The first-order valence-electron chi connectivity index (χ1n) is 5.75. The smallest absolute Gasteiger partial charge is 0.119 e. The van der Waals surface area contributed by atoms with E-state index in [1.807, 2.05) is 6.92 Å². The highest BCUT2D eigenvalue weighted by Gasteiger charge is 1.97. The molecule has 0 radical (unpaired) electrons. The lowest BCUT2D eigenvalue weighted by atomic mass is 10.1. The summed E-state index contributed by atoms with van der Waals surface area (Å²) in [5.74, 6) is 0.945. The molecule has 1 atom stereocenters. The fraction of sp³-hybridized carbons (Fsp3) is 0.538. The van der Waals surface area contributed by atoms with Gasteiger partial charge in [-0.15, -0.1) is 0 Å². The average molecular weight is 222 g/mol. The van der Waals surface area contributed by atoms with E-state index in [-0.39, 0.29) is 6.04 Å². The van der Waals surface area contributed by atoms with Gasteiger partial charge in [0.1, 0.15) is 12.4 Å². The van der Waals surface area contributed by atoms with E-state index in [4.69, 9.17) is 10.5 Å². The van der Waals surface area contributed by atoms with Gasteiger partial charge in [0, 0.05) is 19.1 Å². The lowest BCUT2D eigenvalue weighted by Crippen LogP contribution is -2.33. The van der Waals surface area contributed by atoms with E-state index in [9.17, 15) is 0 Å². The summed E-state index contributed by atoms with van der Waals surface area (Å²) in [6.07, 6.45) is 0. The predicted octanol–water partition coefficient (Wildman–Crippen LogP) is 1.62. The number of hydrogen-bond donors (Lipinski definition) is 2. The van der Waals surface area contributed by atoms with Crippen LogP contribution in [0.2, 0.25) is 0 Å². The van der Waals surface area contributed by atoms with E-state index in [0.29, 0.717) is 6.61 Å². The van der Waals surface area contributed by atoms with E-state index in [1.54, 1.807) is 0 Å². The third kappa shape index (κ3) is 5.14. The normalized spacial score (nSPS) is 12.5. The molecule has 1 unspecified atom stereocenters. The third-order valence-electron chi connectivity index (χ3n) is 2.21. The summed E-state index contributed by atoms with van der Waals surface area (Å²) in [6, 6.07) is 6.44. The standard InChI is InChI=1S/C13H22N2O/c1-10-6-11(2)8-13(7-10)16-5-4-15-9-12(3)14/h6-8,12,15H,4-5,9,14H2,1-3H3. The van der Waals surface area contributed by atoms with Crippen LogP contribution in [0.3, 0.4) is 0 Å². The molecule has 0 bridgehead atoms. The predicted molar refractivity (Wildman–Crippen MR) is 67.9 cm³/mol. The zero-order chi connectivity index (χ0) is 12.0. The Hall–Kier alpha value is -1.06. The van der Waals surface area contributed by atoms with Crippen molar-refractivity contribution in [3.63, 3.8) is 0 Å². The molecule has 90 valence electrons. The number of nitrogens with two attached hydrogens (primary N) is 1. The van der Waals surface area contributed by atoms with Crippen molar-refractivity contribution >= 4 is 0 Å². The quantitative estimate of drug-likeness (QED) is 0.719. The van der Waals surface area contributed by atoms with Crippen LogP contribution >= 0.6 is 0 Å². The van der Waals surface area contributed by atoms with Gasteiger partial charge in [-0.25, -0.2) is 0 Å².